The minimum Gasteiger partial charge on any atom is -1.00 e. The van der Waals surface area contributed by atoms with Gasteiger partial charge in [0.25, 0.3) is 0 Å². The van der Waals surface area contributed by atoms with Crippen molar-refractivity contribution in [2.75, 3.05) is 0 Å². The summed E-state index contributed by atoms with van der Waals surface area (Å²) in [6.45, 7) is 10.0. The van der Waals surface area contributed by atoms with Gasteiger partial charge in [-0.25, -0.2) is 0 Å². The van der Waals surface area contributed by atoms with E-state index in [1.165, 1.54) is 45.5 Å². The van der Waals surface area contributed by atoms with Crippen molar-refractivity contribution in [3.63, 3.8) is 0 Å². The van der Waals surface area contributed by atoms with Gasteiger partial charge in [0, 0.05) is 0 Å². The zero-order chi connectivity index (χ0) is 23.4. The van der Waals surface area contributed by atoms with Crippen LogP contribution in [0, 0.1) is 0 Å². The molecule has 0 nitrogen and oxygen atoms in total. The molecule has 6 rings (SSSR count). The summed E-state index contributed by atoms with van der Waals surface area (Å²) in [6.07, 6.45) is 7.54. The van der Waals surface area contributed by atoms with Crippen molar-refractivity contribution in [3.05, 3.63) is 106 Å². The fourth-order valence-corrected chi connectivity index (χ4v) is 27.3. The van der Waals surface area contributed by atoms with Gasteiger partial charge >= 0.3 is 213 Å². The largest absolute Gasteiger partial charge is 1.00 e. The van der Waals surface area contributed by atoms with E-state index in [0.29, 0.717) is 7.25 Å². The first-order valence-corrected chi connectivity index (χ1v) is 21.8. The fourth-order valence-electron chi connectivity index (χ4n) is 6.48. The summed E-state index contributed by atoms with van der Waals surface area (Å²) >= 11 is -2.01. The Labute approximate surface area is 235 Å². The maximum atomic E-state index is 2.64. The van der Waals surface area contributed by atoms with Gasteiger partial charge in [-0.2, -0.15) is 0 Å². The van der Waals surface area contributed by atoms with E-state index in [1.54, 1.807) is 22.3 Å². The SMILES string of the molecule is CCC1=Cc2c(ccc3ccccc23)[CH]1[Zr+2]([CH]1C(CC)=Cc2c1ccc1ccccc21)=[Si](C)C.[Cl-].[Cl-]. The van der Waals surface area contributed by atoms with Gasteiger partial charge in [0.15, 0.2) is 0 Å². The number of halogens is 2. The van der Waals surface area contributed by atoms with E-state index >= 15 is 0 Å². The Morgan fingerprint density at radius 2 is 1.03 bits per heavy atom. The molecular weight excluding hydrogens is 575 g/mol. The molecule has 2 atom stereocenters. The van der Waals surface area contributed by atoms with Gasteiger partial charge in [0.1, 0.15) is 0 Å². The van der Waals surface area contributed by atoms with E-state index in [1.807, 2.05) is 0 Å². The van der Waals surface area contributed by atoms with Gasteiger partial charge in [-0.1, -0.05) is 0 Å². The third-order valence-corrected chi connectivity index (χ3v) is 27.5. The topological polar surface area (TPSA) is 0 Å². The maximum Gasteiger partial charge on any atom is -1.00 e. The molecule has 4 aromatic carbocycles. The molecular formula is C32H32Cl2SiZr. The van der Waals surface area contributed by atoms with Crippen molar-refractivity contribution in [2.45, 2.75) is 47.0 Å². The number of hydrogen-bond acceptors (Lipinski definition) is 0. The summed E-state index contributed by atoms with van der Waals surface area (Å²) in [6, 6.07) is 27.7. The molecule has 0 heterocycles. The standard InChI is InChI=1S/2C15H13.C2H6Si.2ClH.Zr/c2*1-2-11-9-13-8-7-12-5-3-4-6-14(12)15(13)10-11;1-3-2;;;/h2*3-10H,2H2,1H3;1-2H3;2*1H;/q;;;;;+2/p-2. The van der Waals surface area contributed by atoms with Gasteiger partial charge in [-0.3, -0.25) is 0 Å². The average Bonchev–Trinajstić information content (AvgIpc) is 3.43. The molecule has 182 valence electrons. The van der Waals surface area contributed by atoms with Gasteiger partial charge in [0.2, 0.25) is 0 Å². The van der Waals surface area contributed by atoms with E-state index in [2.05, 4.69) is 112 Å². The van der Waals surface area contributed by atoms with Gasteiger partial charge in [-0.05, 0) is 0 Å². The molecule has 2 aliphatic carbocycles. The zero-order valence-electron chi connectivity index (χ0n) is 21.4. The summed E-state index contributed by atoms with van der Waals surface area (Å²) in [5.41, 5.74) is 9.40. The van der Waals surface area contributed by atoms with Crippen molar-refractivity contribution in [2.24, 2.45) is 0 Å². The Hall–Kier alpha value is -1.44. The first-order valence-electron chi connectivity index (χ1n) is 12.7. The van der Waals surface area contributed by atoms with Gasteiger partial charge in [-0.15, -0.1) is 0 Å². The third kappa shape index (κ3) is 4.33. The van der Waals surface area contributed by atoms with Crippen LogP contribution in [-0.2, 0) is 20.4 Å². The predicted molar refractivity (Wildman–Crippen MR) is 147 cm³/mol. The molecule has 4 aromatic rings. The Bertz CT molecular complexity index is 1450. The van der Waals surface area contributed by atoms with Crippen molar-refractivity contribution in [1.29, 1.82) is 0 Å². The van der Waals surface area contributed by atoms with Crippen LogP contribution < -0.4 is 24.8 Å². The van der Waals surface area contributed by atoms with E-state index in [9.17, 15) is 0 Å². The van der Waals surface area contributed by atoms with Crippen LogP contribution in [0.2, 0.25) is 13.1 Å². The smallest absolute Gasteiger partial charge is 1.00 e. The molecule has 0 bridgehead atoms. The number of rotatable bonds is 4. The molecule has 0 aliphatic heterocycles. The molecule has 0 radical (unpaired) electrons. The van der Waals surface area contributed by atoms with Crippen LogP contribution in [0.5, 0.6) is 0 Å². The van der Waals surface area contributed by atoms with Gasteiger partial charge in [0.05, 0.1) is 0 Å². The first kappa shape index (κ1) is 27.6. The molecule has 0 spiro atoms. The number of benzene rings is 4. The van der Waals surface area contributed by atoms with E-state index in [-0.39, 0.29) is 24.8 Å². The van der Waals surface area contributed by atoms with Crippen LogP contribution in [0.15, 0.2) is 83.9 Å². The molecule has 36 heavy (non-hydrogen) atoms. The van der Waals surface area contributed by atoms with Crippen molar-refractivity contribution < 1.29 is 45.2 Å². The van der Waals surface area contributed by atoms with Crippen LogP contribution in [0.25, 0.3) is 33.7 Å². The average molecular weight is 607 g/mol. The summed E-state index contributed by atoms with van der Waals surface area (Å²) in [5.74, 6) is 0. The molecule has 0 aromatic heterocycles. The van der Waals surface area contributed by atoms with Crippen LogP contribution in [-0.4, -0.2) is 5.43 Å². The van der Waals surface area contributed by atoms with E-state index < -0.39 is 25.8 Å². The molecule has 2 aliphatic rings. The molecule has 0 saturated heterocycles. The summed E-state index contributed by atoms with van der Waals surface area (Å²) in [4.78, 5) is 0. The van der Waals surface area contributed by atoms with E-state index in [4.69, 9.17) is 0 Å². The maximum absolute atomic E-state index is 2.64. The summed E-state index contributed by atoms with van der Waals surface area (Å²) in [7, 11) is 0. The van der Waals surface area contributed by atoms with Crippen LogP contribution in [0.1, 0.15) is 56.2 Å². The molecule has 0 saturated carbocycles. The molecule has 0 N–H and O–H groups in total. The molecule has 4 heteroatoms. The first-order chi connectivity index (χ1) is 16.6. The predicted octanol–water partition coefficient (Wildman–Crippen LogP) is 3.27. The minimum atomic E-state index is -2.01. The van der Waals surface area contributed by atoms with Crippen LogP contribution in [0.4, 0.5) is 0 Å². The van der Waals surface area contributed by atoms with Crippen LogP contribution in [0.3, 0.4) is 0 Å². The molecule has 0 fully saturated rings. The minimum absolute atomic E-state index is 0. The Morgan fingerprint density at radius 1 is 0.611 bits per heavy atom. The summed E-state index contributed by atoms with van der Waals surface area (Å²) in [5, 5.41) is 5.65. The Balaban J connectivity index is 0.00000152. The number of allylic oxidation sites excluding steroid dienone is 2. The zero-order valence-corrected chi connectivity index (χ0v) is 26.4. The van der Waals surface area contributed by atoms with Crippen LogP contribution >= 0.6 is 0 Å². The fraction of sp³-hybridized carbons (Fsp3) is 0.250. The second-order valence-electron chi connectivity index (χ2n) is 10.0. The summed E-state index contributed by atoms with van der Waals surface area (Å²) < 4.78 is 1.43. The van der Waals surface area contributed by atoms with Crippen molar-refractivity contribution >= 4 is 39.1 Å². The van der Waals surface area contributed by atoms with Crippen molar-refractivity contribution in [3.8, 4) is 0 Å². The molecule has 2 unspecified atom stereocenters. The third-order valence-electron chi connectivity index (χ3n) is 8.05. The normalized spacial score (nSPS) is 17.3. The number of hydrogen-bond donors (Lipinski definition) is 0. The molecule has 0 amide bonds. The quantitative estimate of drug-likeness (QED) is 0.313. The Kier molecular flexibility index (Phi) is 8.52. The van der Waals surface area contributed by atoms with Gasteiger partial charge < -0.3 is 24.8 Å². The van der Waals surface area contributed by atoms with E-state index in [0.717, 1.165) is 0 Å². The number of fused-ring (bicyclic) bond motifs is 6. The van der Waals surface area contributed by atoms with Crippen molar-refractivity contribution in [1.82, 2.24) is 0 Å². The monoisotopic (exact) mass is 604 g/mol. The second-order valence-corrected chi connectivity index (χ2v) is 27.9. The Morgan fingerprint density at radius 3 is 1.42 bits per heavy atom. The second kappa shape index (κ2) is 11.1.